The highest BCUT2D eigenvalue weighted by atomic mass is 16.3. The average Bonchev–Trinajstić information content (AvgIpc) is 2.29. The maximum atomic E-state index is 9.99. The Morgan fingerprint density at radius 2 is 1.19 bits per heavy atom. The molecule has 1 aliphatic carbocycles. The Kier molecular flexibility index (Phi) is 7.92. The lowest BCUT2D eigenvalue weighted by atomic mass is 9.88. The van der Waals surface area contributed by atoms with Crippen LogP contribution in [0.4, 0.5) is 0 Å². The van der Waals surface area contributed by atoms with Gasteiger partial charge in [0.25, 0.3) is 0 Å². The molecule has 96 valence electrons. The van der Waals surface area contributed by atoms with Crippen LogP contribution in [0.25, 0.3) is 0 Å². The zero-order valence-corrected chi connectivity index (χ0v) is 11.1. The molecule has 16 heavy (non-hydrogen) atoms. The van der Waals surface area contributed by atoms with E-state index >= 15 is 0 Å². The molecule has 1 rings (SSSR count). The van der Waals surface area contributed by atoms with Crippen molar-refractivity contribution in [1.29, 1.82) is 0 Å². The number of aliphatic hydroxyl groups excluding tert-OH is 1. The molecule has 0 aliphatic heterocycles. The second-order valence-electron chi connectivity index (χ2n) is 5.50. The zero-order chi connectivity index (χ0) is 11.6. The van der Waals surface area contributed by atoms with Gasteiger partial charge in [0, 0.05) is 0 Å². The highest BCUT2D eigenvalue weighted by Gasteiger charge is 2.16. The Morgan fingerprint density at radius 1 is 0.812 bits per heavy atom. The third-order valence-electron chi connectivity index (χ3n) is 4.11. The SMILES string of the molecule is CCC(O)C1CCCCCCCCCCC1. The summed E-state index contributed by atoms with van der Waals surface area (Å²) in [5.41, 5.74) is 0. The second kappa shape index (κ2) is 9.04. The fourth-order valence-electron chi connectivity index (χ4n) is 2.91. The molecule has 0 bridgehead atoms. The van der Waals surface area contributed by atoms with E-state index < -0.39 is 0 Å². The van der Waals surface area contributed by atoms with Crippen molar-refractivity contribution in [3.8, 4) is 0 Å². The first-order valence-corrected chi connectivity index (χ1v) is 7.52. The lowest BCUT2D eigenvalue weighted by Gasteiger charge is -2.22. The Morgan fingerprint density at radius 3 is 1.56 bits per heavy atom. The highest BCUT2D eigenvalue weighted by Crippen LogP contribution is 2.24. The fourth-order valence-corrected chi connectivity index (χ4v) is 2.91. The smallest absolute Gasteiger partial charge is 0.0565 e. The molecular formula is C15H30O. The van der Waals surface area contributed by atoms with Crippen molar-refractivity contribution in [2.45, 2.75) is 90.1 Å². The van der Waals surface area contributed by atoms with Gasteiger partial charge in [-0.05, 0) is 25.2 Å². The van der Waals surface area contributed by atoms with Gasteiger partial charge in [0.15, 0.2) is 0 Å². The minimum Gasteiger partial charge on any atom is -0.393 e. The maximum Gasteiger partial charge on any atom is 0.0565 e. The van der Waals surface area contributed by atoms with Gasteiger partial charge < -0.3 is 5.11 Å². The molecule has 1 saturated carbocycles. The van der Waals surface area contributed by atoms with Gasteiger partial charge in [-0.2, -0.15) is 0 Å². The van der Waals surface area contributed by atoms with Crippen LogP contribution in [0.2, 0.25) is 0 Å². The van der Waals surface area contributed by atoms with Gasteiger partial charge in [-0.1, -0.05) is 64.7 Å². The van der Waals surface area contributed by atoms with Gasteiger partial charge in [0.05, 0.1) is 6.10 Å². The normalized spacial score (nSPS) is 24.4. The molecule has 1 atom stereocenters. The third-order valence-corrected chi connectivity index (χ3v) is 4.11. The molecule has 1 fully saturated rings. The molecule has 1 unspecified atom stereocenters. The zero-order valence-electron chi connectivity index (χ0n) is 11.1. The summed E-state index contributed by atoms with van der Waals surface area (Å²) in [6, 6.07) is 0. The Labute approximate surface area is 102 Å². The van der Waals surface area contributed by atoms with Gasteiger partial charge in [0.1, 0.15) is 0 Å². The van der Waals surface area contributed by atoms with Crippen molar-refractivity contribution in [3.63, 3.8) is 0 Å². The van der Waals surface area contributed by atoms with Gasteiger partial charge in [-0.3, -0.25) is 0 Å². The fraction of sp³-hybridized carbons (Fsp3) is 1.00. The van der Waals surface area contributed by atoms with Gasteiger partial charge in [-0.15, -0.1) is 0 Å². The highest BCUT2D eigenvalue weighted by molar-refractivity contribution is 4.68. The number of aliphatic hydroxyl groups is 1. The van der Waals surface area contributed by atoms with Crippen LogP contribution in [0.1, 0.15) is 84.0 Å². The van der Waals surface area contributed by atoms with Crippen molar-refractivity contribution in [2.75, 3.05) is 0 Å². The Balaban J connectivity index is 2.30. The van der Waals surface area contributed by atoms with Gasteiger partial charge in [0.2, 0.25) is 0 Å². The van der Waals surface area contributed by atoms with Crippen molar-refractivity contribution in [2.24, 2.45) is 5.92 Å². The molecule has 0 aromatic carbocycles. The molecule has 0 saturated heterocycles. The molecule has 0 heterocycles. The Hall–Kier alpha value is -0.0400. The molecule has 1 heteroatoms. The van der Waals surface area contributed by atoms with Crippen LogP contribution in [0.3, 0.4) is 0 Å². The molecule has 0 aromatic rings. The van der Waals surface area contributed by atoms with Crippen LogP contribution in [0.15, 0.2) is 0 Å². The summed E-state index contributed by atoms with van der Waals surface area (Å²) in [5, 5.41) is 9.99. The number of hydrogen-bond donors (Lipinski definition) is 1. The molecule has 1 aliphatic rings. The lowest BCUT2D eigenvalue weighted by molar-refractivity contribution is 0.0899. The van der Waals surface area contributed by atoms with Crippen LogP contribution in [-0.2, 0) is 0 Å². The summed E-state index contributed by atoms with van der Waals surface area (Å²) in [6.45, 7) is 2.11. The third kappa shape index (κ3) is 5.89. The molecule has 1 N–H and O–H groups in total. The molecule has 0 amide bonds. The summed E-state index contributed by atoms with van der Waals surface area (Å²) in [4.78, 5) is 0. The van der Waals surface area contributed by atoms with E-state index in [0.717, 1.165) is 6.42 Å². The lowest BCUT2D eigenvalue weighted by Crippen LogP contribution is -2.19. The summed E-state index contributed by atoms with van der Waals surface area (Å²) < 4.78 is 0. The van der Waals surface area contributed by atoms with Crippen molar-refractivity contribution >= 4 is 0 Å². The molecule has 1 nitrogen and oxygen atoms in total. The first-order valence-electron chi connectivity index (χ1n) is 7.52. The van der Waals surface area contributed by atoms with E-state index in [4.69, 9.17) is 0 Å². The summed E-state index contributed by atoms with van der Waals surface area (Å²) >= 11 is 0. The first-order chi connectivity index (χ1) is 7.84. The minimum absolute atomic E-state index is 0.0389. The minimum atomic E-state index is -0.0389. The number of hydrogen-bond acceptors (Lipinski definition) is 1. The quantitative estimate of drug-likeness (QED) is 0.725. The van der Waals surface area contributed by atoms with E-state index in [1.54, 1.807) is 0 Å². The van der Waals surface area contributed by atoms with Crippen LogP contribution >= 0.6 is 0 Å². The van der Waals surface area contributed by atoms with E-state index in [1.807, 2.05) is 0 Å². The average molecular weight is 226 g/mol. The monoisotopic (exact) mass is 226 g/mol. The van der Waals surface area contributed by atoms with Crippen LogP contribution < -0.4 is 0 Å². The number of rotatable bonds is 2. The first kappa shape index (κ1) is 14.0. The van der Waals surface area contributed by atoms with Crippen LogP contribution in [0.5, 0.6) is 0 Å². The summed E-state index contributed by atoms with van der Waals surface area (Å²) in [7, 11) is 0. The van der Waals surface area contributed by atoms with E-state index in [1.165, 1.54) is 70.6 Å². The van der Waals surface area contributed by atoms with Crippen molar-refractivity contribution < 1.29 is 5.11 Å². The predicted octanol–water partition coefficient (Wildman–Crippen LogP) is 4.68. The van der Waals surface area contributed by atoms with Crippen LogP contribution in [0, 0.1) is 5.92 Å². The standard InChI is InChI=1S/C15H30O/c1-2-15(16)14-12-10-8-6-4-3-5-7-9-11-13-14/h14-16H,2-13H2,1H3. The molecular weight excluding hydrogens is 196 g/mol. The van der Waals surface area contributed by atoms with E-state index in [-0.39, 0.29) is 6.10 Å². The summed E-state index contributed by atoms with van der Waals surface area (Å²) in [6.07, 6.45) is 16.0. The van der Waals surface area contributed by atoms with Crippen molar-refractivity contribution in [1.82, 2.24) is 0 Å². The molecule has 0 spiro atoms. The summed E-state index contributed by atoms with van der Waals surface area (Å²) in [5.74, 6) is 0.587. The second-order valence-corrected chi connectivity index (χ2v) is 5.50. The van der Waals surface area contributed by atoms with E-state index in [9.17, 15) is 5.11 Å². The van der Waals surface area contributed by atoms with Gasteiger partial charge in [-0.25, -0.2) is 0 Å². The van der Waals surface area contributed by atoms with Crippen molar-refractivity contribution in [3.05, 3.63) is 0 Å². The van der Waals surface area contributed by atoms with Crippen LogP contribution in [-0.4, -0.2) is 11.2 Å². The predicted molar refractivity (Wildman–Crippen MR) is 70.6 cm³/mol. The largest absolute Gasteiger partial charge is 0.393 e. The van der Waals surface area contributed by atoms with E-state index in [0.29, 0.717) is 5.92 Å². The van der Waals surface area contributed by atoms with E-state index in [2.05, 4.69) is 6.92 Å². The van der Waals surface area contributed by atoms with Gasteiger partial charge >= 0.3 is 0 Å². The molecule has 0 aromatic heterocycles. The maximum absolute atomic E-state index is 9.99. The Bertz CT molecular complexity index is 144. The molecule has 0 radical (unpaired) electrons. The topological polar surface area (TPSA) is 20.2 Å².